The lowest BCUT2D eigenvalue weighted by molar-refractivity contribution is 0.0523. The van der Waals surface area contributed by atoms with Gasteiger partial charge in [-0.05, 0) is 25.3 Å². The zero-order valence-electron chi connectivity index (χ0n) is 16.4. The van der Waals surface area contributed by atoms with Crippen molar-refractivity contribution in [3.05, 3.63) is 51.8 Å². The van der Waals surface area contributed by atoms with Gasteiger partial charge in [0.05, 0.1) is 19.4 Å². The lowest BCUT2D eigenvalue weighted by Crippen LogP contribution is -2.28. The van der Waals surface area contributed by atoms with Crippen molar-refractivity contribution in [2.45, 2.75) is 33.2 Å². The molecule has 28 heavy (non-hydrogen) atoms. The highest BCUT2D eigenvalue weighted by molar-refractivity contribution is 5.93. The number of nitrogens with zero attached hydrogens (tertiary/aromatic N) is 1. The third-order valence-corrected chi connectivity index (χ3v) is 5.35. The van der Waals surface area contributed by atoms with Crippen LogP contribution in [0, 0.1) is 5.92 Å². The minimum absolute atomic E-state index is 0.0494. The number of carbonyl (C=O) groups is 1. The first-order valence-corrected chi connectivity index (χ1v) is 9.48. The maximum absolute atomic E-state index is 12.7. The van der Waals surface area contributed by atoms with Gasteiger partial charge >= 0.3 is 5.97 Å². The van der Waals surface area contributed by atoms with E-state index in [0.29, 0.717) is 28.7 Å². The van der Waals surface area contributed by atoms with Crippen molar-refractivity contribution in [3.63, 3.8) is 0 Å². The fourth-order valence-corrected chi connectivity index (χ4v) is 3.95. The SMILES string of the molecule is CCOC(=O)c1cn2c(cc1=O)-c1oc3c(OC)cccc3c1C[C@H]2C(C)C. The van der Waals surface area contributed by atoms with Gasteiger partial charge < -0.3 is 18.5 Å². The summed E-state index contributed by atoms with van der Waals surface area (Å²) in [4.78, 5) is 24.9. The van der Waals surface area contributed by atoms with Crippen molar-refractivity contribution in [2.24, 2.45) is 5.92 Å². The number of methoxy groups -OCH3 is 1. The first-order valence-electron chi connectivity index (χ1n) is 9.48. The average Bonchev–Trinajstić information content (AvgIpc) is 3.05. The molecule has 0 amide bonds. The van der Waals surface area contributed by atoms with Crippen molar-refractivity contribution in [3.8, 4) is 17.2 Å². The number of ether oxygens (including phenoxy) is 2. The third-order valence-electron chi connectivity index (χ3n) is 5.35. The molecule has 3 heterocycles. The van der Waals surface area contributed by atoms with Gasteiger partial charge in [0, 0.05) is 29.3 Å². The Morgan fingerprint density at radius 2 is 2.14 bits per heavy atom. The molecule has 0 saturated carbocycles. The molecule has 6 nitrogen and oxygen atoms in total. The van der Waals surface area contributed by atoms with E-state index < -0.39 is 5.97 Å². The van der Waals surface area contributed by atoms with Crippen LogP contribution >= 0.6 is 0 Å². The molecular formula is C22H23NO5. The fourth-order valence-electron chi connectivity index (χ4n) is 3.95. The second kappa shape index (κ2) is 6.86. The number of aromatic nitrogens is 1. The first-order chi connectivity index (χ1) is 13.5. The standard InChI is InChI=1S/C22H23NO5/c1-5-27-22(25)15-11-23-16(12(2)3)9-14-13-7-6-8-19(26-4)21(13)28-20(14)17(23)10-18(15)24/h6-8,10-12,16H,5,9H2,1-4H3/t16-/m0/s1. The topological polar surface area (TPSA) is 70.7 Å². The summed E-state index contributed by atoms with van der Waals surface area (Å²) in [6, 6.07) is 7.37. The highest BCUT2D eigenvalue weighted by Crippen LogP contribution is 2.44. The van der Waals surface area contributed by atoms with E-state index in [2.05, 4.69) is 13.8 Å². The molecule has 0 fully saturated rings. The zero-order chi connectivity index (χ0) is 20.0. The number of furan rings is 1. The number of pyridine rings is 1. The molecule has 2 aromatic heterocycles. The van der Waals surface area contributed by atoms with Gasteiger partial charge in [-0.3, -0.25) is 4.79 Å². The first kappa shape index (κ1) is 18.3. The molecule has 0 aliphatic carbocycles. The molecule has 146 valence electrons. The number of hydrogen-bond acceptors (Lipinski definition) is 5. The molecule has 0 spiro atoms. The van der Waals surface area contributed by atoms with Crippen molar-refractivity contribution in [1.29, 1.82) is 0 Å². The molecular weight excluding hydrogens is 358 g/mol. The van der Waals surface area contributed by atoms with Gasteiger partial charge in [-0.25, -0.2) is 4.79 Å². The number of carbonyl (C=O) groups excluding carboxylic acids is 1. The van der Waals surface area contributed by atoms with Crippen LogP contribution in [0.2, 0.25) is 0 Å². The Morgan fingerprint density at radius 1 is 1.36 bits per heavy atom. The Morgan fingerprint density at radius 3 is 2.82 bits per heavy atom. The Hall–Kier alpha value is -3.02. The molecule has 0 bridgehead atoms. The summed E-state index contributed by atoms with van der Waals surface area (Å²) in [5, 5.41) is 0.994. The molecule has 0 saturated heterocycles. The molecule has 0 N–H and O–H groups in total. The Bertz CT molecular complexity index is 1120. The van der Waals surface area contributed by atoms with Gasteiger partial charge in [0.1, 0.15) is 5.56 Å². The largest absolute Gasteiger partial charge is 0.493 e. The number of fused-ring (bicyclic) bond motifs is 5. The molecule has 6 heteroatoms. The molecule has 0 unspecified atom stereocenters. The van der Waals surface area contributed by atoms with Crippen LogP contribution in [-0.2, 0) is 11.2 Å². The molecule has 3 aromatic rings. The summed E-state index contributed by atoms with van der Waals surface area (Å²) in [5.74, 6) is 1.01. The summed E-state index contributed by atoms with van der Waals surface area (Å²) in [6.07, 6.45) is 2.36. The highest BCUT2D eigenvalue weighted by atomic mass is 16.5. The monoisotopic (exact) mass is 381 g/mol. The van der Waals surface area contributed by atoms with Crippen molar-refractivity contribution < 1.29 is 18.7 Å². The maximum Gasteiger partial charge on any atom is 0.343 e. The predicted octanol–water partition coefficient (Wildman–Crippen LogP) is 4.20. The van der Waals surface area contributed by atoms with Crippen LogP contribution in [0.15, 0.2) is 39.7 Å². The van der Waals surface area contributed by atoms with Crippen LogP contribution in [0.4, 0.5) is 0 Å². The van der Waals surface area contributed by atoms with E-state index >= 15 is 0 Å². The lowest BCUT2D eigenvalue weighted by atomic mass is 9.89. The van der Waals surface area contributed by atoms with Crippen molar-refractivity contribution >= 4 is 16.9 Å². The van der Waals surface area contributed by atoms with Crippen molar-refractivity contribution in [2.75, 3.05) is 13.7 Å². The quantitative estimate of drug-likeness (QED) is 0.634. The maximum atomic E-state index is 12.7. The number of rotatable bonds is 4. The lowest BCUT2D eigenvalue weighted by Gasteiger charge is -2.31. The smallest absolute Gasteiger partial charge is 0.343 e. The predicted molar refractivity (Wildman–Crippen MR) is 106 cm³/mol. The summed E-state index contributed by atoms with van der Waals surface area (Å²) < 4.78 is 18.6. The van der Waals surface area contributed by atoms with Crippen LogP contribution in [0.1, 0.15) is 42.7 Å². The average molecular weight is 381 g/mol. The molecule has 1 atom stereocenters. The summed E-state index contributed by atoms with van der Waals surface area (Å²) >= 11 is 0. The van der Waals surface area contributed by atoms with E-state index in [4.69, 9.17) is 13.9 Å². The van der Waals surface area contributed by atoms with Crippen LogP contribution < -0.4 is 10.2 Å². The van der Waals surface area contributed by atoms with E-state index in [9.17, 15) is 9.59 Å². The van der Waals surface area contributed by atoms with E-state index in [0.717, 1.165) is 17.4 Å². The van der Waals surface area contributed by atoms with Crippen LogP contribution in [0.5, 0.6) is 5.75 Å². The minimum atomic E-state index is -0.595. The molecule has 1 aromatic carbocycles. The van der Waals surface area contributed by atoms with E-state index in [1.165, 1.54) is 6.07 Å². The number of esters is 1. The van der Waals surface area contributed by atoms with Gasteiger partial charge in [-0.1, -0.05) is 26.0 Å². The van der Waals surface area contributed by atoms with Crippen molar-refractivity contribution in [1.82, 2.24) is 4.57 Å². The van der Waals surface area contributed by atoms with E-state index in [1.807, 2.05) is 22.8 Å². The number of benzene rings is 1. The van der Waals surface area contributed by atoms with E-state index in [1.54, 1.807) is 20.2 Å². The Balaban J connectivity index is 1.99. The van der Waals surface area contributed by atoms with Gasteiger partial charge in [0.15, 0.2) is 22.5 Å². The van der Waals surface area contributed by atoms with Gasteiger partial charge in [-0.2, -0.15) is 0 Å². The third kappa shape index (κ3) is 2.71. The van der Waals surface area contributed by atoms with E-state index in [-0.39, 0.29) is 23.6 Å². The zero-order valence-corrected chi connectivity index (χ0v) is 16.4. The van der Waals surface area contributed by atoms with Crippen LogP contribution in [-0.4, -0.2) is 24.3 Å². The highest BCUT2D eigenvalue weighted by Gasteiger charge is 2.32. The molecule has 4 rings (SSSR count). The normalized spacial score (nSPS) is 15.4. The summed E-state index contributed by atoms with van der Waals surface area (Å²) in [7, 11) is 1.61. The summed E-state index contributed by atoms with van der Waals surface area (Å²) in [6.45, 7) is 6.20. The fraction of sp³-hybridized carbons (Fsp3) is 0.364. The van der Waals surface area contributed by atoms with Gasteiger partial charge in [0.2, 0.25) is 0 Å². The van der Waals surface area contributed by atoms with Crippen LogP contribution in [0.25, 0.3) is 22.4 Å². The molecule has 1 aliphatic heterocycles. The summed E-state index contributed by atoms with van der Waals surface area (Å²) in [5.41, 5.74) is 2.10. The van der Waals surface area contributed by atoms with Crippen LogP contribution in [0.3, 0.4) is 0 Å². The second-order valence-corrected chi connectivity index (χ2v) is 7.33. The minimum Gasteiger partial charge on any atom is -0.493 e. The number of para-hydroxylation sites is 1. The Kier molecular flexibility index (Phi) is 4.49. The Labute approximate surface area is 162 Å². The van der Waals surface area contributed by atoms with Gasteiger partial charge in [-0.15, -0.1) is 0 Å². The molecule has 0 radical (unpaired) electrons. The van der Waals surface area contributed by atoms with Gasteiger partial charge in [0.25, 0.3) is 0 Å². The number of hydrogen-bond donors (Lipinski definition) is 0. The molecule has 1 aliphatic rings. The second-order valence-electron chi connectivity index (χ2n) is 7.33.